The van der Waals surface area contributed by atoms with E-state index < -0.39 is 12.0 Å². The molecule has 3 nitrogen and oxygen atoms in total. The van der Waals surface area contributed by atoms with Crippen LogP contribution in [0.5, 0.6) is 0 Å². The molecule has 0 saturated heterocycles. The lowest BCUT2D eigenvalue weighted by Gasteiger charge is -2.04. The van der Waals surface area contributed by atoms with Crippen LogP contribution in [0.2, 0.25) is 0 Å². The molecule has 0 unspecified atom stereocenters. The summed E-state index contributed by atoms with van der Waals surface area (Å²) in [6.45, 7) is 5.59. The Hall–Kier alpha value is -0.480. The summed E-state index contributed by atoms with van der Waals surface area (Å²) in [5, 5.41) is 8.39. The van der Waals surface area contributed by atoms with Gasteiger partial charge in [0.05, 0.1) is 0 Å². The first-order valence-electron chi connectivity index (χ1n) is 3.24. The van der Waals surface area contributed by atoms with Crippen molar-refractivity contribution in [3.05, 3.63) is 12.2 Å². The summed E-state index contributed by atoms with van der Waals surface area (Å²) < 4.78 is 0. The van der Waals surface area contributed by atoms with E-state index in [9.17, 15) is 4.79 Å². The topological polar surface area (TPSA) is 63.3 Å². The van der Waals surface area contributed by atoms with Crippen LogP contribution in [0.25, 0.3) is 0 Å². The molecule has 0 rings (SSSR count). The van der Waals surface area contributed by atoms with E-state index in [1.807, 2.05) is 6.92 Å². The number of carboxylic acid groups (broad SMARTS) is 1. The first-order chi connectivity index (χ1) is 5.04. The molecule has 0 fully saturated rings. The normalized spacial score (nSPS) is 12.5. The summed E-state index contributed by atoms with van der Waals surface area (Å²) >= 11 is 1.49. The minimum Gasteiger partial charge on any atom is -0.480 e. The second-order valence-electron chi connectivity index (χ2n) is 2.42. The van der Waals surface area contributed by atoms with Crippen molar-refractivity contribution in [2.45, 2.75) is 13.0 Å². The van der Waals surface area contributed by atoms with Gasteiger partial charge in [0, 0.05) is 11.5 Å². The Morgan fingerprint density at radius 2 is 2.36 bits per heavy atom. The summed E-state index contributed by atoms with van der Waals surface area (Å²) in [7, 11) is 0. The van der Waals surface area contributed by atoms with Crippen molar-refractivity contribution in [3.63, 3.8) is 0 Å². The van der Waals surface area contributed by atoms with Crippen LogP contribution in [0.3, 0.4) is 0 Å². The zero-order valence-electron chi connectivity index (χ0n) is 6.54. The third kappa shape index (κ3) is 5.94. The smallest absolute Gasteiger partial charge is 0.321 e. The van der Waals surface area contributed by atoms with Crippen molar-refractivity contribution in [2.75, 3.05) is 11.5 Å². The molecular formula is C7H13NO2S. The zero-order valence-corrected chi connectivity index (χ0v) is 7.36. The lowest BCUT2D eigenvalue weighted by Crippen LogP contribution is -2.32. The first kappa shape index (κ1) is 10.5. The average molecular weight is 175 g/mol. The van der Waals surface area contributed by atoms with Gasteiger partial charge < -0.3 is 10.8 Å². The quantitative estimate of drug-likeness (QED) is 0.604. The lowest BCUT2D eigenvalue weighted by molar-refractivity contribution is -0.137. The molecule has 0 amide bonds. The molecule has 3 N–H and O–H groups in total. The van der Waals surface area contributed by atoms with Gasteiger partial charge in [-0.1, -0.05) is 12.2 Å². The van der Waals surface area contributed by atoms with Gasteiger partial charge in [0.25, 0.3) is 0 Å². The van der Waals surface area contributed by atoms with E-state index >= 15 is 0 Å². The number of carbonyl (C=O) groups is 1. The molecule has 0 aliphatic carbocycles. The highest BCUT2D eigenvalue weighted by atomic mass is 32.2. The van der Waals surface area contributed by atoms with Gasteiger partial charge in [-0.25, -0.2) is 0 Å². The zero-order chi connectivity index (χ0) is 8.85. The molecule has 1 atom stereocenters. The minimum atomic E-state index is -0.945. The van der Waals surface area contributed by atoms with E-state index in [-0.39, 0.29) is 0 Å². The molecule has 0 aliphatic heterocycles. The molecule has 0 bridgehead atoms. The minimum absolute atomic E-state index is 0.447. The molecule has 0 saturated carbocycles. The van der Waals surface area contributed by atoms with Crippen LogP contribution in [-0.2, 0) is 4.79 Å². The number of hydrogen-bond donors (Lipinski definition) is 2. The van der Waals surface area contributed by atoms with Gasteiger partial charge in [-0.3, -0.25) is 4.79 Å². The van der Waals surface area contributed by atoms with E-state index in [0.717, 1.165) is 11.3 Å². The average Bonchev–Trinajstić information content (AvgIpc) is 1.86. The Labute approximate surface area is 70.7 Å². The number of thioether (sulfide) groups is 1. The molecule has 11 heavy (non-hydrogen) atoms. The Kier molecular flexibility index (Phi) is 4.98. The predicted octanol–water partition coefficient (Wildman–Crippen LogP) is 0.708. The highest BCUT2D eigenvalue weighted by Gasteiger charge is 2.10. The van der Waals surface area contributed by atoms with Gasteiger partial charge in [0.15, 0.2) is 0 Å². The molecular weight excluding hydrogens is 162 g/mol. The monoisotopic (exact) mass is 175 g/mol. The van der Waals surface area contributed by atoms with Crippen LogP contribution >= 0.6 is 11.8 Å². The maximum absolute atomic E-state index is 10.2. The maximum Gasteiger partial charge on any atom is 0.321 e. The van der Waals surface area contributed by atoms with Crippen molar-refractivity contribution in [1.82, 2.24) is 0 Å². The highest BCUT2D eigenvalue weighted by Crippen LogP contribution is 2.06. The number of aliphatic carboxylic acids is 1. The third-order valence-electron chi connectivity index (χ3n) is 0.963. The fourth-order valence-corrected chi connectivity index (χ4v) is 1.29. The lowest BCUT2D eigenvalue weighted by atomic mass is 10.4. The van der Waals surface area contributed by atoms with Crippen molar-refractivity contribution in [3.8, 4) is 0 Å². The molecule has 0 spiro atoms. The second-order valence-corrected chi connectivity index (χ2v) is 3.45. The third-order valence-corrected chi connectivity index (χ3v) is 2.25. The summed E-state index contributed by atoms with van der Waals surface area (Å²) in [4.78, 5) is 10.2. The fraction of sp³-hybridized carbons (Fsp3) is 0.571. The fourth-order valence-electron chi connectivity index (χ4n) is 0.431. The molecule has 0 aromatic rings. The van der Waals surface area contributed by atoms with Crippen molar-refractivity contribution in [2.24, 2.45) is 5.73 Å². The van der Waals surface area contributed by atoms with Gasteiger partial charge in [0.2, 0.25) is 0 Å². The number of rotatable bonds is 5. The summed E-state index contributed by atoms with van der Waals surface area (Å²) in [6.07, 6.45) is 0. The van der Waals surface area contributed by atoms with Crippen molar-refractivity contribution < 1.29 is 9.90 Å². The summed E-state index contributed by atoms with van der Waals surface area (Å²) in [5.41, 5.74) is 6.29. The van der Waals surface area contributed by atoms with E-state index in [1.165, 1.54) is 11.8 Å². The Morgan fingerprint density at radius 1 is 1.82 bits per heavy atom. The van der Waals surface area contributed by atoms with E-state index in [1.54, 1.807) is 0 Å². The molecule has 0 aromatic heterocycles. The van der Waals surface area contributed by atoms with Crippen molar-refractivity contribution in [1.29, 1.82) is 0 Å². The van der Waals surface area contributed by atoms with Gasteiger partial charge in [0.1, 0.15) is 6.04 Å². The Bertz CT molecular complexity index is 159. The number of carboxylic acids is 1. The summed E-state index contributed by atoms with van der Waals surface area (Å²) in [6, 6.07) is -0.751. The molecule has 4 heteroatoms. The van der Waals surface area contributed by atoms with Gasteiger partial charge in [-0.05, 0) is 6.92 Å². The van der Waals surface area contributed by atoms with E-state index in [4.69, 9.17) is 10.8 Å². The summed E-state index contributed by atoms with van der Waals surface area (Å²) in [5.74, 6) is 0.280. The maximum atomic E-state index is 10.2. The standard InChI is InChI=1S/C7H13NO2S/c1-5(2)3-11-4-6(8)7(9)10/h6H,1,3-4,8H2,2H3,(H,9,10)/t6-/m1/s1. The van der Waals surface area contributed by atoms with Crippen molar-refractivity contribution >= 4 is 17.7 Å². The molecule has 0 radical (unpaired) electrons. The second kappa shape index (κ2) is 5.21. The van der Waals surface area contributed by atoms with Crippen LogP contribution in [0, 0.1) is 0 Å². The first-order valence-corrected chi connectivity index (χ1v) is 4.40. The van der Waals surface area contributed by atoms with E-state index in [0.29, 0.717) is 5.75 Å². The van der Waals surface area contributed by atoms with Crippen LogP contribution in [0.4, 0.5) is 0 Å². The van der Waals surface area contributed by atoms with Gasteiger partial charge in [-0.2, -0.15) is 11.8 Å². The van der Waals surface area contributed by atoms with Crippen LogP contribution in [-0.4, -0.2) is 28.6 Å². The Balaban J connectivity index is 3.39. The van der Waals surface area contributed by atoms with Crippen LogP contribution in [0.15, 0.2) is 12.2 Å². The molecule has 64 valence electrons. The van der Waals surface area contributed by atoms with Crippen LogP contribution < -0.4 is 5.73 Å². The molecule has 0 aromatic carbocycles. The SMILES string of the molecule is C=C(C)CSC[C@@H](N)C(=O)O. The number of hydrogen-bond acceptors (Lipinski definition) is 3. The Morgan fingerprint density at radius 3 is 2.73 bits per heavy atom. The van der Waals surface area contributed by atoms with Crippen LogP contribution in [0.1, 0.15) is 6.92 Å². The number of nitrogens with two attached hydrogens (primary N) is 1. The van der Waals surface area contributed by atoms with Gasteiger partial charge >= 0.3 is 5.97 Å². The highest BCUT2D eigenvalue weighted by molar-refractivity contribution is 7.99. The molecule has 0 heterocycles. The molecule has 0 aliphatic rings. The van der Waals surface area contributed by atoms with Gasteiger partial charge in [-0.15, -0.1) is 0 Å². The predicted molar refractivity (Wildman–Crippen MR) is 47.8 cm³/mol. The largest absolute Gasteiger partial charge is 0.480 e. The van der Waals surface area contributed by atoms with E-state index in [2.05, 4.69) is 6.58 Å².